The van der Waals surface area contributed by atoms with Gasteiger partial charge in [0.05, 0.1) is 24.6 Å². The molecule has 1 amide bonds. The molecule has 1 aliphatic heterocycles. The number of carbonyl (C=O) groups excluding carboxylic acids is 1. The first-order valence-corrected chi connectivity index (χ1v) is 11.6. The fourth-order valence-electron chi connectivity index (χ4n) is 4.09. The highest BCUT2D eigenvalue weighted by atomic mass is 16.5. The number of likely N-dealkylation sites (tertiary alicyclic amines) is 1. The molecular formula is C27H30N4O4. The van der Waals surface area contributed by atoms with E-state index in [4.69, 9.17) is 15.9 Å². The predicted octanol–water partition coefficient (Wildman–Crippen LogP) is 3.75. The number of terminal acetylenes is 1. The quantitative estimate of drug-likeness (QED) is 0.504. The van der Waals surface area contributed by atoms with Gasteiger partial charge in [-0.05, 0) is 38.1 Å². The Bertz CT molecular complexity index is 1260. The van der Waals surface area contributed by atoms with Gasteiger partial charge in [0.2, 0.25) is 5.91 Å². The number of nitrogens with one attached hydrogen (secondary N) is 1. The molecule has 8 heteroatoms. The van der Waals surface area contributed by atoms with Crippen LogP contribution >= 0.6 is 0 Å². The zero-order valence-corrected chi connectivity index (χ0v) is 20.2. The van der Waals surface area contributed by atoms with Crippen LogP contribution in [0.3, 0.4) is 0 Å². The van der Waals surface area contributed by atoms with Crippen molar-refractivity contribution in [3.8, 4) is 23.8 Å². The minimum absolute atomic E-state index is 0.0384. The van der Waals surface area contributed by atoms with E-state index in [1.165, 1.54) is 6.33 Å². The van der Waals surface area contributed by atoms with Crippen molar-refractivity contribution in [1.29, 1.82) is 0 Å². The van der Waals surface area contributed by atoms with Crippen LogP contribution in [0.25, 0.3) is 10.9 Å². The van der Waals surface area contributed by atoms with Crippen LogP contribution in [0, 0.1) is 17.8 Å². The van der Waals surface area contributed by atoms with E-state index in [1.807, 2.05) is 36.4 Å². The highest BCUT2D eigenvalue weighted by molar-refractivity contribution is 5.93. The summed E-state index contributed by atoms with van der Waals surface area (Å²) in [5, 5.41) is 13.6. The zero-order chi connectivity index (χ0) is 25.0. The minimum Gasteiger partial charge on any atom is -0.493 e. The first-order valence-electron chi connectivity index (χ1n) is 11.6. The molecule has 2 N–H and O–H groups in total. The minimum atomic E-state index is -0.779. The van der Waals surface area contributed by atoms with E-state index in [9.17, 15) is 9.90 Å². The molecule has 182 valence electrons. The van der Waals surface area contributed by atoms with Crippen molar-refractivity contribution in [1.82, 2.24) is 14.9 Å². The van der Waals surface area contributed by atoms with Gasteiger partial charge >= 0.3 is 0 Å². The first-order chi connectivity index (χ1) is 16.8. The Hall–Kier alpha value is -3.83. The molecule has 1 saturated heterocycles. The van der Waals surface area contributed by atoms with Crippen LogP contribution in [0.15, 0.2) is 42.7 Å². The number of aliphatic hydroxyl groups excluding tert-OH is 1. The molecule has 0 radical (unpaired) electrons. The highest BCUT2D eigenvalue weighted by Gasteiger charge is 2.34. The number of amides is 1. The van der Waals surface area contributed by atoms with E-state index in [-0.39, 0.29) is 18.6 Å². The molecule has 1 aliphatic rings. The van der Waals surface area contributed by atoms with E-state index in [2.05, 4.69) is 21.2 Å². The van der Waals surface area contributed by atoms with Crippen molar-refractivity contribution in [2.75, 3.05) is 32.1 Å². The van der Waals surface area contributed by atoms with Crippen molar-refractivity contribution in [2.24, 2.45) is 5.41 Å². The van der Waals surface area contributed by atoms with Gasteiger partial charge in [0.1, 0.15) is 18.2 Å². The second kappa shape index (κ2) is 10.2. The lowest BCUT2D eigenvalue weighted by Gasteiger charge is -2.36. The smallest absolute Gasteiger partial charge is 0.230 e. The summed E-state index contributed by atoms with van der Waals surface area (Å²) in [5.74, 6) is 4.40. The molecule has 35 heavy (non-hydrogen) atoms. The lowest BCUT2D eigenvalue weighted by atomic mass is 9.91. The zero-order valence-electron chi connectivity index (χ0n) is 20.2. The third kappa shape index (κ3) is 5.31. The average Bonchev–Trinajstić information content (AvgIpc) is 2.88. The van der Waals surface area contributed by atoms with E-state index < -0.39 is 5.41 Å². The van der Waals surface area contributed by atoms with Gasteiger partial charge < -0.3 is 24.8 Å². The predicted molar refractivity (Wildman–Crippen MR) is 135 cm³/mol. The van der Waals surface area contributed by atoms with Gasteiger partial charge in [0.15, 0.2) is 11.5 Å². The molecule has 0 atom stereocenters. The molecule has 0 saturated carbocycles. The van der Waals surface area contributed by atoms with Gasteiger partial charge in [-0.3, -0.25) is 4.79 Å². The summed E-state index contributed by atoms with van der Waals surface area (Å²) in [5.41, 5.74) is 1.53. The largest absolute Gasteiger partial charge is 0.493 e. The van der Waals surface area contributed by atoms with Crippen molar-refractivity contribution in [3.05, 3.63) is 48.3 Å². The van der Waals surface area contributed by atoms with Crippen molar-refractivity contribution < 1.29 is 19.4 Å². The number of fused-ring (bicyclic) bond motifs is 1. The number of methoxy groups -OCH3 is 1. The molecule has 0 aliphatic carbocycles. The van der Waals surface area contributed by atoms with Gasteiger partial charge in [-0.15, -0.1) is 6.42 Å². The Morgan fingerprint density at radius 3 is 2.69 bits per heavy atom. The topological polar surface area (TPSA) is 96.8 Å². The third-order valence-corrected chi connectivity index (χ3v) is 6.21. The van der Waals surface area contributed by atoms with Crippen molar-refractivity contribution in [3.63, 3.8) is 0 Å². The van der Waals surface area contributed by atoms with Gasteiger partial charge in [-0.25, -0.2) is 9.97 Å². The fourth-order valence-corrected chi connectivity index (χ4v) is 4.09. The number of rotatable bonds is 7. The first kappa shape index (κ1) is 24.3. The Morgan fingerprint density at radius 2 is 2.00 bits per heavy atom. The number of anilines is 2. The molecule has 2 heterocycles. The third-order valence-electron chi connectivity index (χ3n) is 6.21. The monoisotopic (exact) mass is 474 g/mol. The number of piperidine rings is 1. The van der Waals surface area contributed by atoms with Crippen LogP contribution in [0.2, 0.25) is 0 Å². The van der Waals surface area contributed by atoms with Crippen LogP contribution in [-0.4, -0.2) is 58.8 Å². The standard InChI is InChI=1S/C27H30N4O4/c1-5-18-7-6-8-19(13-18)30-25-21-14-24(23(34-4)15-22(21)28-17-29-25)35-20-9-11-31(12-10-20)26(33)27(2,3)16-32/h1,6-8,13-15,17,20,32H,9-12,16H2,2-4H3,(H,28,29,30). The number of ether oxygens (including phenoxy) is 2. The van der Waals surface area contributed by atoms with Crippen LogP contribution in [0.4, 0.5) is 11.5 Å². The number of benzene rings is 2. The highest BCUT2D eigenvalue weighted by Crippen LogP contribution is 2.36. The molecule has 8 nitrogen and oxygen atoms in total. The number of nitrogens with zero attached hydrogens (tertiary/aromatic N) is 3. The molecule has 4 rings (SSSR count). The molecule has 1 fully saturated rings. The summed E-state index contributed by atoms with van der Waals surface area (Å²) in [7, 11) is 1.60. The van der Waals surface area contributed by atoms with E-state index >= 15 is 0 Å². The summed E-state index contributed by atoms with van der Waals surface area (Å²) in [6.45, 7) is 4.49. The van der Waals surface area contributed by atoms with E-state index in [0.29, 0.717) is 48.8 Å². The molecular weight excluding hydrogens is 444 g/mol. The summed E-state index contributed by atoms with van der Waals surface area (Å²) >= 11 is 0. The lowest BCUT2D eigenvalue weighted by Crippen LogP contribution is -2.48. The van der Waals surface area contributed by atoms with E-state index in [0.717, 1.165) is 16.6 Å². The molecule has 0 spiro atoms. The molecule has 0 unspecified atom stereocenters. The maximum absolute atomic E-state index is 12.7. The van der Waals surface area contributed by atoms with Gasteiger partial charge in [0.25, 0.3) is 0 Å². The second-order valence-corrected chi connectivity index (χ2v) is 9.24. The molecule has 0 bridgehead atoms. The number of carbonyl (C=O) groups is 1. The van der Waals surface area contributed by atoms with Crippen LogP contribution in [0.1, 0.15) is 32.3 Å². The number of hydrogen-bond donors (Lipinski definition) is 2. The van der Waals surface area contributed by atoms with E-state index in [1.54, 1.807) is 25.9 Å². The lowest BCUT2D eigenvalue weighted by molar-refractivity contribution is -0.144. The normalized spacial score (nSPS) is 14.4. The maximum atomic E-state index is 12.7. The summed E-state index contributed by atoms with van der Waals surface area (Å²) in [4.78, 5) is 23.3. The Kier molecular flexibility index (Phi) is 7.08. The van der Waals surface area contributed by atoms with Gasteiger partial charge in [0, 0.05) is 48.6 Å². The van der Waals surface area contributed by atoms with Gasteiger partial charge in [-0.2, -0.15) is 0 Å². The van der Waals surface area contributed by atoms with Crippen LogP contribution in [-0.2, 0) is 4.79 Å². The van der Waals surface area contributed by atoms with Crippen LogP contribution in [0.5, 0.6) is 11.5 Å². The number of aromatic nitrogens is 2. The average molecular weight is 475 g/mol. The van der Waals surface area contributed by atoms with Crippen molar-refractivity contribution in [2.45, 2.75) is 32.8 Å². The fraction of sp³-hybridized carbons (Fsp3) is 0.370. The Morgan fingerprint density at radius 1 is 1.23 bits per heavy atom. The maximum Gasteiger partial charge on any atom is 0.230 e. The SMILES string of the molecule is C#Cc1cccc(Nc2ncnc3cc(OC)c(OC4CCN(C(=O)C(C)(C)CO)CC4)cc23)c1. The number of aliphatic hydroxyl groups is 1. The molecule has 2 aromatic carbocycles. The van der Waals surface area contributed by atoms with Crippen LogP contribution < -0.4 is 14.8 Å². The van der Waals surface area contributed by atoms with Crippen molar-refractivity contribution >= 4 is 28.3 Å². The summed E-state index contributed by atoms with van der Waals surface area (Å²) in [6.07, 6.45) is 8.32. The summed E-state index contributed by atoms with van der Waals surface area (Å²) in [6, 6.07) is 11.3. The molecule has 1 aromatic heterocycles. The Balaban J connectivity index is 1.55. The van der Waals surface area contributed by atoms with Gasteiger partial charge in [-0.1, -0.05) is 12.0 Å². The Labute approximate surface area is 205 Å². The second-order valence-electron chi connectivity index (χ2n) is 9.24. The molecule has 3 aromatic rings. The summed E-state index contributed by atoms with van der Waals surface area (Å²) < 4.78 is 11.9. The number of hydrogen-bond acceptors (Lipinski definition) is 7.